The minimum Gasteiger partial charge on any atom is -0.288 e. The third-order valence-corrected chi connectivity index (χ3v) is 3.82. The van der Waals surface area contributed by atoms with Gasteiger partial charge in [-0.2, -0.15) is 5.10 Å². The molecule has 0 aliphatic rings. The Bertz CT molecular complexity index is 923. The minimum atomic E-state index is -0.577. The fourth-order valence-electron chi connectivity index (χ4n) is 2.57. The third kappa shape index (κ3) is 2.71. The predicted octanol–water partition coefficient (Wildman–Crippen LogP) is 3.86. The zero-order chi connectivity index (χ0) is 17.3. The summed E-state index contributed by atoms with van der Waals surface area (Å²) in [5.74, 6) is -0.352. The number of aromatic nitrogens is 3. The van der Waals surface area contributed by atoms with E-state index in [-0.39, 0.29) is 5.88 Å². The maximum absolute atomic E-state index is 11.0. The van der Waals surface area contributed by atoms with Crippen LogP contribution in [0.5, 0.6) is 0 Å². The molecule has 0 unspecified atom stereocenters. The maximum atomic E-state index is 11.0. The first-order valence-electron chi connectivity index (χ1n) is 7.39. The fourth-order valence-corrected chi connectivity index (χ4v) is 2.57. The lowest BCUT2D eigenvalue weighted by Gasteiger charge is -2.03. The van der Waals surface area contributed by atoms with Gasteiger partial charge >= 0.3 is 5.88 Å². The molecule has 0 radical (unpaired) electrons. The Labute approximate surface area is 138 Å². The maximum Gasteiger partial charge on any atom is 0.463 e. The molecule has 0 spiro atoms. The van der Waals surface area contributed by atoms with Gasteiger partial charge in [-0.3, -0.25) is 14.6 Å². The van der Waals surface area contributed by atoms with Crippen LogP contribution in [0.3, 0.4) is 0 Å². The van der Waals surface area contributed by atoms with Crippen LogP contribution in [-0.4, -0.2) is 19.9 Å². The van der Waals surface area contributed by atoms with E-state index in [4.69, 9.17) is 4.52 Å². The average Bonchev–Trinajstić information content (AvgIpc) is 3.07. The standard InChI is InChI=1S/C17H16N4O3/c1-11-15(9-10-16-12(2)19-24-17(16)21(22)23)13(3)20(18-11)14-7-5-4-6-8-14/h4-10H,1-3H3. The van der Waals surface area contributed by atoms with E-state index >= 15 is 0 Å². The van der Waals surface area contributed by atoms with E-state index in [2.05, 4.69) is 10.3 Å². The molecule has 7 heteroatoms. The number of nitrogens with zero attached hydrogens (tertiary/aromatic N) is 4. The SMILES string of the molecule is Cc1noc([N+](=O)[O-])c1C=Cc1c(C)nn(-c2ccccc2)c1C. The summed E-state index contributed by atoms with van der Waals surface area (Å²) in [6.45, 7) is 5.53. The van der Waals surface area contributed by atoms with Gasteiger partial charge in [0.15, 0.2) is 0 Å². The van der Waals surface area contributed by atoms with Gasteiger partial charge in [0.2, 0.25) is 0 Å². The van der Waals surface area contributed by atoms with Crippen molar-refractivity contribution in [1.82, 2.24) is 14.9 Å². The number of benzene rings is 1. The molecule has 3 aromatic rings. The lowest BCUT2D eigenvalue weighted by molar-refractivity contribution is -0.404. The zero-order valence-electron chi connectivity index (χ0n) is 13.6. The van der Waals surface area contributed by atoms with Crippen molar-refractivity contribution in [1.29, 1.82) is 0 Å². The second-order valence-electron chi connectivity index (χ2n) is 5.41. The summed E-state index contributed by atoms with van der Waals surface area (Å²) in [7, 11) is 0. The molecule has 0 aliphatic heterocycles. The summed E-state index contributed by atoms with van der Waals surface area (Å²) >= 11 is 0. The van der Waals surface area contributed by atoms with E-state index in [0.29, 0.717) is 11.3 Å². The first-order valence-corrected chi connectivity index (χ1v) is 7.39. The molecular weight excluding hydrogens is 308 g/mol. The fraction of sp³-hybridized carbons (Fsp3) is 0.176. The first-order chi connectivity index (χ1) is 11.5. The van der Waals surface area contributed by atoms with Crippen LogP contribution in [0.4, 0.5) is 5.88 Å². The lowest BCUT2D eigenvalue weighted by atomic mass is 10.1. The molecule has 2 aromatic heterocycles. The molecule has 7 nitrogen and oxygen atoms in total. The molecule has 1 aromatic carbocycles. The number of rotatable bonds is 4. The van der Waals surface area contributed by atoms with Crippen molar-refractivity contribution in [3.63, 3.8) is 0 Å². The highest BCUT2D eigenvalue weighted by Crippen LogP contribution is 2.26. The Morgan fingerprint density at radius 1 is 1.08 bits per heavy atom. The number of hydrogen-bond acceptors (Lipinski definition) is 5. The summed E-state index contributed by atoms with van der Waals surface area (Å²) in [4.78, 5) is 10.4. The molecule has 122 valence electrons. The molecule has 0 N–H and O–H groups in total. The first kappa shape index (κ1) is 15.7. The van der Waals surface area contributed by atoms with Gasteiger partial charge in [-0.1, -0.05) is 29.4 Å². The Morgan fingerprint density at radius 3 is 2.42 bits per heavy atom. The molecule has 24 heavy (non-hydrogen) atoms. The average molecular weight is 324 g/mol. The topological polar surface area (TPSA) is 87.0 Å². The summed E-state index contributed by atoms with van der Waals surface area (Å²) in [6, 6.07) is 9.80. The van der Waals surface area contributed by atoms with E-state index in [0.717, 1.165) is 22.6 Å². The van der Waals surface area contributed by atoms with Crippen LogP contribution in [0, 0.1) is 30.9 Å². The summed E-state index contributed by atoms with van der Waals surface area (Å²) in [5, 5.41) is 19.2. The summed E-state index contributed by atoms with van der Waals surface area (Å²) < 4.78 is 6.61. The van der Waals surface area contributed by atoms with Crippen molar-refractivity contribution in [3.8, 4) is 5.69 Å². The van der Waals surface area contributed by atoms with Crippen molar-refractivity contribution in [2.45, 2.75) is 20.8 Å². The minimum absolute atomic E-state index is 0.352. The highest BCUT2D eigenvalue weighted by molar-refractivity contribution is 5.75. The zero-order valence-corrected chi connectivity index (χ0v) is 13.6. The van der Waals surface area contributed by atoms with Gasteiger partial charge in [0.25, 0.3) is 0 Å². The van der Waals surface area contributed by atoms with Crippen LogP contribution in [0.1, 0.15) is 28.2 Å². The van der Waals surface area contributed by atoms with Gasteiger partial charge < -0.3 is 0 Å². The molecular formula is C17H16N4O3. The van der Waals surface area contributed by atoms with Crippen molar-refractivity contribution in [2.24, 2.45) is 0 Å². The molecule has 3 rings (SSSR count). The highest BCUT2D eigenvalue weighted by atomic mass is 16.7. The molecule has 0 atom stereocenters. The Morgan fingerprint density at radius 2 is 1.75 bits per heavy atom. The predicted molar refractivity (Wildman–Crippen MR) is 89.9 cm³/mol. The van der Waals surface area contributed by atoms with Crippen LogP contribution < -0.4 is 0 Å². The van der Waals surface area contributed by atoms with Crippen molar-refractivity contribution in [2.75, 3.05) is 0 Å². The molecule has 2 heterocycles. The van der Waals surface area contributed by atoms with Crippen molar-refractivity contribution in [3.05, 3.63) is 68.7 Å². The van der Waals surface area contributed by atoms with Crippen molar-refractivity contribution < 1.29 is 9.45 Å². The second-order valence-corrected chi connectivity index (χ2v) is 5.41. The summed E-state index contributed by atoms with van der Waals surface area (Å²) in [5.41, 5.74) is 4.50. The van der Waals surface area contributed by atoms with Gasteiger partial charge in [-0.05, 0) is 39.0 Å². The van der Waals surface area contributed by atoms with Crippen LogP contribution in [0.2, 0.25) is 0 Å². The van der Waals surface area contributed by atoms with Gasteiger partial charge in [0, 0.05) is 11.3 Å². The van der Waals surface area contributed by atoms with Crippen LogP contribution in [-0.2, 0) is 0 Å². The van der Waals surface area contributed by atoms with E-state index in [1.807, 2.05) is 54.9 Å². The van der Waals surface area contributed by atoms with Crippen LogP contribution in [0.25, 0.3) is 17.8 Å². The van der Waals surface area contributed by atoms with E-state index < -0.39 is 4.92 Å². The second kappa shape index (κ2) is 6.11. The van der Waals surface area contributed by atoms with E-state index in [9.17, 15) is 10.1 Å². The molecule has 0 saturated carbocycles. The molecule has 0 aliphatic carbocycles. The van der Waals surface area contributed by atoms with Gasteiger partial charge in [-0.25, -0.2) is 4.68 Å². The highest BCUT2D eigenvalue weighted by Gasteiger charge is 2.21. The van der Waals surface area contributed by atoms with Gasteiger partial charge in [0.1, 0.15) is 10.5 Å². The molecule has 0 bridgehead atoms. The summed E-state index contributed by atoms with van der Waals surface area (Å²) in [6.07, 6.45) is 3.46. The van der Waals surface area contributed by atoms with Crippen LogP contribution >= 0.6 is 0 Å². The monoisotopic (exact) mass is 324 g/mol. The van der Waals surface area contributed by atoms with E-state index in [1.165, 1.54) is 0 Å². The third-order valence-electron chi connectivity index (χ3n) is 3.82. The number of para-hydroxylation sites is 1. The van der Waals surface area contributed by atoms with Gasteiger partial charge in [0.05, 0.1) is 17.1 Å². The smallest absolute Gasteiger partial charge is 0.288 e. The van der Waals surface area contributed by atoms with E-state index in [1.54, 1.807) is 13.0 Å². The quantitative estimate of drug-likeness (QED) is 0.537. The number of hydrogen-bond donors (Lipinski definition) is 0. The van der Waals surface area contributed by atoms with Gasteiger partial charge in [-0.15, -0.1) is 0 Å². The van der Waals surface area contributed by atoms with Crippen molar-refractivity contribution >= 4 is 18.0 Å². The largest absolute Gasteiger partial charge is 0.463 e. The Balaban J connectivity index is 2.02. The number of aryl methyl sites for hydroxylation is 2. The molecule has 0 amide bonds. The number of nitro groups is 1. The lowest BCUT2D eigenvalue weighted by Crippen LogP contribution is -1.98. The Hall–Kier alpha value is -3.22. The normalized spacial score (nSPS) is 11.3. The van der Waals surface area contributed by atoms with Crippen LogP contribution in [0.15, 0.2) is 34.9 Å². The molecule has 0 fully saturated rings. The Kier molecular flexibility index (Phi) is 3.99. The molecule has 0 saturated heterocycles.